The van der Waals surface area contributed by atoms with E-state index < -0.39 is 0 Å². The maximum absolute atomic E-state index is 11.8. The number of nitrogen functional groups attached to an aromatic ring is 1. The second-order valence-corrected chi connectivity index (χ2v) is 4.69. The quantitative estimate of drug-likeness (QED) is 0.454. The van der Waals surface area contributed by atoms with Crippen molar-refractivity contribution in [3.8, 4) is 0 Å². The summed E-state index contributed by atoms with van der Waals surface area (Å²) in [6, 6.07) is 6.81. The number of esters is 1. The van der Waals surface area contributed by atoms with E-state index in [1.807, 2.05) is 6.92 Å². The molecule has 0 saturated carbocycles. The van der Waals surface area contributed by atoms with Crippen molar-refractivity contribution in [1.29, 1.82) is 0 Å². The van der Waals surface area contributed by atoms with E-state index in [2.05, 4.69) is 6.92 Å². The van der Waals surface area contributed by atoms with Gasteiger partial charge in [0, 0.05) is 5.69 Å². The molecular formula is C15H23NO2. The fraction of sp³-hybridized carbons (Fsp3) is 0.533. The Hall–Kier alpha value is -1.51. The Labute approximate surface area is 109 Å². The van der Waals surface area contributed by atoms with Gasteiger partial charge in [-0.2, -0.15) is 0 Å². The number of rotatable bonds is 7. The van der Waals surface area contributed by atoms with Crippen LogP contribution in [0.5, 0.6) is 0 Å². The van der Waals surface area contributed by atoms with Gasteiger partial charge >= 0.3 is 5.97 Å². The maximum atomic E-state index is 11.8. The zero-order valence-electron chi connectivity index (χ0n) is 11.3. The van der Waals surface area contributed by atoms with Gasteiger partial charge in [0.1, 0.15) is 0 Å². The van der Waals surface area contributed by atoms with Gasteiger partial charge in [-0.25, -0.2) is 4.79 Å². The summed E-state index contributed by atoms with van der Waals surface area (Å²) in [6.07, 6.45) is 5.70. The summed E-state index contributed by atoms with van der Waals surface area (Å²) in [5, 5.41) is 0. The van der Waals surface area contributed by atoms with Crippen molar-refractivity contribution >= 4 is 11.7 Å². The van der Waals surface area contributed by atoms with E-state index in [4.69, 9.17) is 10.5 Å². The monoisotopic (exact) mass is 249 g/mol. The van der Waals surface area contributed by atoms with Crippen LogP contribution in [0.4, 0.5) is 5.69 Å². The average Bonchev–Trinajstić information content (AvgIpc) is 2.35. The van der Waals surface area contributed by atoms with Gasteiger partial charge in [0.15, 0.2) is 0 Å². The van der Waals surface area contributed by atoms with Crippen LogP contribution in [-0.2, 0) is 4.74 Å². The summed E-state index contributed by atoms with van der Waals surface area (Å²) < 4.78 is 5.38. The lowest BCUT2D eigenvalue weighted by Gasteiger charge is -2.13. The lowest BCUT2D eigenvalue weighted by atomic mass is 10.1. The highest BCUT2D eigenvalue weighted by Crippen LogP contribution is 2.12. The van der Waals surface area contributed by atoms with E-state index in [1.54, 1.807) is 24.3 Å². The Bertz CT molecular complexity index is 359. The van der Waals surface area contributed by atoms with Crippen molar-refractivity contribution in [3.05, 3.63) is 29.8 Å². The molecule has 1 aromatic rings. The molecule has 1 rings (SSSR count). The largest absolute Gasteiger partial charge is 0.459 e. The van der Waals surface area contributed by atoms with E-state index in [0.717, 1.165) is 12.8 Å². The zero-order chi connectivity index (χ0) is 13.4. The maximum Gasteiger partial charge on any atom is 0.338 e. The topological polar surface area (TPSA) is 52.3 Å². The molecule has 0 aromatic heterocycles. The lowest BCUT2D eigenvalue weighted by Crippen LogP contribution is -2.15. The Kier molecular flexibility index (Phi) is 6.26. The minimum absolute atomic E-state index is 0.0214. The van der Waals surface area contributed by atoms with Crippen LogP contribution < -0.4 is 5.73 Å². The Morgan fingerprint density at radius 1 is 1.22 bits per heavy atom. The highest BCUT2D eigenvalue weighted by atomic mass is 16.5. The highest BCUT2D eigenvalue weighted by Gasteiger charge is 2.11. The van der Waals surface area contributed by atoms with Crippen molar-refractivity contribution in [2.24, 2.45) is 0 Å². The number of nitrogens with two attached hydrogens (primary N) is 1. The third-order valence-corrected chi connectivity index (χ3v) is 2.92. The van der Waals surface area contributed by atoms with Gasteiger partial charge in [-0.1, -0.05) is 26.2 Å². The minimum Gasteiger partial charge on any atom is -0.459 e. The number of carbonyl (C=O) groups is 1. The molecular weight excluding hydrogens is 226 g/mol. The Morgan fingerprint density at radius 2 is 1.89 bits per heavy atom. The van der Waals surface area contributed by atoms with Gasteiger partial charge < -0.3 is 10.5 Å². The first-order valence-corrected chi connectivity index (χ1v) is 6.70. The number of hydrogen-bond donors (Lipinski definition) is 1. The summed E-state index contributed by atoms with van der Waals surface area (Å²) in [5.74, 6) is -0.266. The molecule has 3 heteroatoms. The molecule has 0 radical (unpaired) electrons. The SMILES string of the molecule is CCCCCC[C@@H](C)OC(=O)c1ccc(N)cc1. The van der Waals surface area contributed by atoms with Crippen LogP contribution in [0.25, 0.3) is 0 Å². The summed E-state index contributed by atoms with van der Waals surface area (Å²) >= 11 is 0. The van der Waals surface area contributed by atoms with E-state index in [1.165, 1.54) is 19.3 Å². The molecule has 3 nitrogen and oxygen atoms in total. The van der Waals surface area contributed by atoms with Gasteiger partial charge in [0.2, 0.25) is 0 Å². The fourth-order valence-corrected chi connectivity index (χ4v) is 1.79. The molecule has 0 bridgehead atoms. The summed E-state index contributed by atoms with van der Waals surface area (Å²) in [4.78, 5) is 11.8. The molecule has 0 aliphatic carbocycles. The van der Waals surface area contributed by atoms with Crippen molar-refractivity contribution in [3.63, 3.8) is 0 Å². The summed E-state index contributed by atoms with van der Waals surface area (Å²) in [6.45, 7) is 4.13. The van der Waals surface area contributed by atoms with Gasteiger partial charge in [-0.15, -0.1) is 0 Å². The number of unbranched alkanes of at least 4 members (excludes halogenated alkanes) is 3. The van der Waals surface area contributed by atoms with Gasteiger partial charge in [0.25, 0.3) is 0 Å². The molecule has 1 aromatic carbocycles. The normalized spacial score (nSPS) is 12.1. The molecule has 0 amide bonds. The molecule has 18 heavy (non-hydrogen) atoms. The minimum atomic E-state index is -0.266. The fourth-order valence-electron chi connectivity index (χ4n) is 1.79. The van der Waals surface area contributed by atoms with Crippen LogP contribution in [0.15, 0.2) is 24.3 Å². The van der Waals surface area contributed by atoms with E-state index in [0.29, 0.717) is 11.3 Å². The number of ether oxygens (including phenoxy) is 1. The molecule has 0 fully saturated rings. The number of benzene rings is 1. The molecule has 0 saturated heterocycles. The summed E-state index contributed by atoms with van der Waals surface area (Å²) in [5.41, 5.74) is 6.78. The van der Waals surface area contributed by atoms with Crippen molar-refractivity contribution in [2.75, 3.05) is 5.73 Å². The highest BCUT2D eigenvalue weighted by molar-refractivity contribution is 5.89. The first-order chi connectivity index (χ1) is 8.63. The van der Waals surface area contributed by atoms with Crippen LogP contribution in [0.3, 0.4) is 0 Å². The Morgan fingerprint density at radius 3 is 2.50 bits per heavy atom. The first kappa shape index (κ1) is 14.6. The standard InChI is InChI=1S/C15H23NO2/c1-3-4-5-6-7-12(2)18-15(17)13-8-10-14(16)11-9-13/h8-12H,3-7,16H2,1-2H3/t12-/m1/s1. The van der Waals surface area contributed by atoms with Gasteiger partial charge in [0.05, 0.1) is 11.7 Å². The van der Waals surface area contributed by atoms with E-state index >= 15 is 0 Å². The third kappa shape index (κ3) is 5.21. The van der Waals surface area contributed by atoms with Crippen molar-refractivity contribution in [1.82, 2.24) is 0 Å². The number of hydrogen-bond acceptors (Lipinski definition) is 3. The van der Waals surface area contributed by atoms with Crippen LogP contribution >= 0.6 is 0 Å². The summed E-state index contributed by atoms with van der Waals surface area (Å²) in [7, 11) is 0. The second kappa shape index (κ2) is 7.75. The van der Waals surface area contributed by atoms with Crippen LogP contribution in [0, 0.1) is 0 Å². The van der Waals surface area contributed by atoms with Crippen molar-refractivity contribution < 1.29 is 9.53 Å². The second-order valence-electron chi connectivity index (χ2n) is 4.69. The van der Waals surface area contributed by atoms with Gasteiger partial charge in [-0.05, 0) is 44.0 Å². The van der Waals surface area contributed by atoms with E-state index in [9.17, 15) is 4.79 Å². The molecule has 0 spiro atoms. The smallest absolute Gasteiger partial charge is 0.338 e. The van der Waals surface area contributed by atoms with E-state index in [-0.39, 0.29) is 12.1 Å². The van der Waals surface area contributed by atoms with Crippen LogP contribution in [0.2, 0.25) is 0 Å². The number of carbonyl (C=O) groups excluding carboxylic acids is 1. The molecule has 100 valence electrons. The predicted octanol–water partition coefficient (Wildman–Crippen LogP) is 3.78. The number of anilines is 1. The molecule has 0 heterocycles. The van der Waals surface area contributed by atoms with Crippen LogP contribution in [-0.4, -0.2) is 12.1 Å². The average molecular weight is 249 g/mol. The molecule has 0 aliphatic rings. The first-order valence-electron chi connectivity index (χ1n) is 6.70. The third-order valence-electron chi connectivity index (χ3n) is 2.92. The molecule has 1 atom stereocenters. The molecule has 0 unspecified atom stereocenters. The lowest BCUT2D eigenvalue weighted by molar-refractivity contribution is 0.0319. The van der Waals surface area contributed by atoms with Crippen molar-refractivity contribution in [2.45, 2.75) is 52.1 Å². The molecule has 2 N–H and O–H groups in total. The Balaban J connectivity index is 2.33. The zero-order valence-corrected chi connectivity index (χ0v) is 11.3. The van der Waals surface area contributed by atoms with Crippen LogP contribution in [0.1, 0.15) is 56.3 Å². The predicted molar refractivity (Wildman–Crippen MR) is 74.5 cm³/mol. The molecule has 0 aliphatic heterocycles. The van der Waals surface area contributed by atoms with Gasteiger partial charge in [-0.3, -0.25) is 0 Å².